The Bertz CT molecular complexity index is 727. The van der Waals surface area contributed by atoms with Gasteiger partial charge in [-0.15, -0.1) is 0 Å². The second kappa shape index (κ2) is 5.67. The summed E-state index contributed by atoms with van der Waals surface area (Å²) >= 11 is 0. The molecule has 0 atom stereocenters. The van der Waals surface area contributed by atoms with Gasteiger partial charge in [0.25, 0.3) is 0 Å². The van der Waals surface area contributed by atoms with Gasteiger partial charge in [-0.1, -0.05) is 24.3 Å². The van der Waals surface area contributed by atoms with E-state index in [1.54, 1.807) is 6.20 Å². The highest BCUT2D eigenvalue weighted by molar-refractivity contribution is 5.79. The van der Waals surface area contributed by atoms with Crippen LogP contribution in [0.5, 0.6) is 11.6 Å². The van der Waals surface area contributed by atoms with Gasteiger partial charge in [0.05, 0.1) is 17.4 Å². The highest BCUT2D eigenvalue weighted by atomic mass is 16.5. The van der Waals surface area contributed by atoms with Gasteiger partial charge in [0.2, 0.25) is 5.88 Å². The van der Waals surface area contributed by atoms with Crippen molar-refractivity contribution in [3.63, 3.8) is 0 Å². The normalized spacial score (nSPS) is 10.7. The molecule has 100 valence electrons. The third-order valence-corrected chi connectivity index (χ3v) is 2.93. The van der Waals surface area contributed by atoms with Crippen LogP contribution < -0.4 is 10.1 Å². The Labute approximate surface area is 117 Å². The van der Waals surface area contributed by atoms with Gasteiger partial charge in [-0.2, -0.15) is 0 Å². The summed E-state index contributed by atoms with van der Waals surface area (Å²) in [6.07, 6.45) is 1.72. The number of hydrogen-bond donors (Lipinski definition) is 1. The van der Waals surface area contributed by atoms with Crippen molar-refractivity contribution in [1.82, 2.24) is 15.3 Å². The van der Waals surface area contributed by atoms with Crippen LogP contribution in [0.15, 0.2) is 54.7 Å². The molecule has 1 N–H and O–H groups in total. The maximum atomic E-state index is 5.77. The van der Waals surface area contributed by atoms with Crippen molar-refractivity contribution in [2.24, 2.45) is 0 Å². The number of para-hydroxylation sites is 1. The molecule has 2 heterocycles. The second-order valence-corrected chi connectivity index (χ2v) is 4.46. The van der Waals surface area contributed by atoms with Crippen molar-refractivity contribution in [3.05, 3.63) is 60.4 Å². The summed E-state index contributed by atoms with van der Waals surface area (Å²) in [5.74, 6) is 1.27. The maximum Gasteiger partial charge on any atom is 0.219 e. The van der Waals surface area contributed by atoms with E-state index in [4.69, 9.17) is 4.74 Å². The first-order chi connectivity index (χ1) is 9.85. The van der Waals surface area contributed by atoms with E-state index >= 15 is 0 Å². The predicted molar refractivity (Wildman–Crippen MR) is 78.8 cm³/mol. The summed E-state index contributed by atoms with van der Waals surface area (Å²) in [7, 11) is 1.89. The number of rotatable bonds is 4. The van der Waals surface area contributed by atoms with Crippen LogP contribution in [0.25, 0.3) is 10.9 Å². The van der Waals surface area contributed by atoms with E-state index in [9.17, 15) is 0 Å². The standard InChI is InChI=1S/C16H15N3O/c1-17-10-13-6-4-8-16(19-13)20-14-9-12-5-2-3-7-15(12)18-11-14/h2-9,11,17H,10H2,1H3. The second-order valence-electron chi connectivity index (χ2n) is 4.46. The third-order valence-electron chi connectivity index (χ3n) is 2.93. The zero-order valence-corrected chi connectivity index (χ0v) is 11.2. The van der Waals surface area contributed by atoms with Crippen molar-refractivity contribution in [1.29, 1.82) is 0 Å². The summed E-state index contributed by atoms with van der Waals surface area (Å²) in [5, 5.41) is 4.12. The number of aromatic nitrogens is 2. The average Bonchev–Trinajstić information content (AvgIpc) is 2.48. The van der Waals surface area contributed by atoms with E-state index in [0.717, 1.165) is 16.6 Å². The van der Waals surface area contributed by atoms with Crippen LogP contribution in [0, 0.1) is 0 Å². The Balaban J connectivity index is 1.87. The molecule has 0 bridgehead atoms. The van der Waals surface area contributed by atoms with Crippen LogP contribution >= 0.6 is 0 Å². The molecule has 0 aliphatic carbocycles. The largest absolute Gasteiger partial charge is 0.437 e. The van der Waals surface area contributed by atoms with E-state index in [2.05, 4.69) is 15.3 Å². The summed E-state index contributed by atoms with van der Waals surface area (Å²) in [5.41, 5.74) is 1.90. The third kappa shape index (κ3) is 2.75. The van der Waals surface area contributed by atoms with Gasteiger partial charge >= 0.3 is 0 Å². The number of nitrogens with zero attached hydrogens (tertiary/aromatic N) is 2. The molecule has 4 heteroatoms. The van der Waals surface area contributed by atoms with Crippen LogP contribution in [-0.2, 0) is 6.54 Å². The van der Waals surface area contributed by atoms with Crippen molar-refractivity contribution < 1.29 is 4.74 Å². The minimum absolute atomic E-state index is 0.579. The number of pyridine rings is 2. The molecule has 0 radical (unpaired) electrons. The highest BCUT2D eigenvalue weighted by Crippen LogP contribution is 2.22. The molecule has 3 aromatic rings. The van der Waals surface area contributed by atoms with Gasteiger partial charge in [-0.25, -0.2) is 4.98 Å². The maximum absolute atomic E-state index is 5.77. The summed E-state index contributed by atoms with van der Waals surface area (Å²) in [6.45, 7) is 0.715. The molecule has 20 heavy (non-hydrogen) atoms. The van der Waals surface area contributed by atoms with Crippen LogP contribution in [-0.4, -0.2) is 17.0 Å². The molecular formula is C16H15N3O. The number of fused-ring (bicyclic) bond motifs is 1. The van der Waals surface area contributed by atoms with Gasteiger partial charge in [-0.3, -0.25) is 4.98 Å². The molecule has 3 rings (SSSR count). The lowest BCUT2D eigenvalue weighted by atomic mass is 10.2. The number of ether oxygens (including phenoxy) is 1. The Morgan fingerprint density at radius 1 is 1.10 bits per heavy atom. The topological polar surface area (TPSA) is 47.0 Å². The minimum Gasteiger partial charge on any atom is -0.437 e. The molecule has 0 amide bonds. The van der Waals surface area contributed by atoms with Gasteiger partial charge in [0.1, 0.15) is 5.75 Å². The first-order valence-electron chi connectivity index (χ1n) is 6.48. The van der Waals surface area contributed by atoms with Crippen LogP contribution in [0.3, 0.4) is 0 Å². The number of benzene rings is 1. The van der Waals surface area contributed by atoms with Gasteiger partial charge in [0.15, 0.2) is 0 Å². The molecule has 0 spiro atoms. The van der Waals surface area contributed by atoms with Crippen LogP contribution in [0.1, 0.15) is 5.69 Å². The van der Waals surface area contributed by atoms with Crippen molar-refractivity contribution in [2.75, 3.05) is 7.05 Å². The number of hydrogen-bond acceptors (Lipinski definition) is 4. The first kappa shape index (κ1) is 12.6. The molecule has 4 nitrogen and oxygen atoms in total. The molecule has 1 aromatic carbocycles. The average molecular weight is 265 g/mol. The monoisotopic (exact) mass is 265 g/mol. The molecule has 0 fully saturated rings. The lowest BCUT2D eigenvalue weighted by molar-refractivity contribution is 0.459. The van der Waals surface area contributed by atoms with Gasteiger partial charge in [-0.05, 0) is 25.2 Å². The molecule has 0 aliphatic rings. The van der Waals surface area contributed by atoms with E-state index in [-0.39, 0.29) is 0 Å². The molecule has 2 aromatic heterocycles. The van der Waals surface area contributed by atoms with E-state index < -0.39 is 0 Å². The first-order valence-corrected chi connectivity index (χ1v) is 6.48. The molecule has 0 aliphatic heterocycles. The SMILES string of the molecule is CNCc1cccc(Oc2cnc3ccccc3c2)n1. The van der Waals surface area contributed by atoms with Crippen molar-refractivity contribution >= 4 is 10.9 Å². The fourth-order valence-corrected chi connectivity index (χ4v) is 2.02. The van der Waals surface area contributed by atoms with Gasteiger partial charge < -0.3 is 10.1 Å². The summed E-state index contributed by atoms with van der Waals surface area (Å²) in [4.78, 5) is 8.80. The van der Waals surface area contributed by atoms with Crippen LogP contribution in [0.2, 0.25) is 0 Å². The molecule has 0 saturated heterocycles. The predicted octanol–water partition coefficient (Wildman–Crippen LogP) is 3.14. The van der Waals surface area contributed by atoms with Crippen molar-refractivity contribution in [2.45, 2.75) is 6.54 Å². The van der Waals surface area contributed by atoms with Crippen molar-refractivity contribution in [3.8, 4) is 11.6 Å². The van der Waals surface area contributed by atoms with Gasteiger partial charge in [0, 0.05) is 18.0 Å². The zero-order chi connectivity index (χ0) is 13.8. The van der Waals surface area contributed by atoms with E-state index in [1.165, 1.54) is 0 Å². The quantitative estimate of drug-likeness (QED) is 0.787. The Morgan fingerprint density at radius 3 is 2.90 bits per heavy atom. The Morgan fingerprint density at radius 2 is 2.00 bits per heavy atom. The lowest BCUT2D eigenvalue weighted by Gasteiger charge is -2.07. The van der Waals surface area contributed by atoms with E-state index in [0.29, 0.717) is 18.2 Å². The van der Waals surface area contributed by atoms with E-state index in [1.807, 2.05) is 55.6 Å². The smallest absolute Gasteiger partial charge is 0.219 e. The Kier molecular flexibility index (Phi) is 3.56. The fourth-order valence-electron chi connectivity index (χ4n) is 2.02. The molecular weight excluding hydrogens is 250 g/mol. The summed E-state index contributed by atoms with van der Waals surface area (Å²) in [6, 6.07) is 15.7. The Hall–Kier alpha value is -2.46. The molecule has 0 saturated carbocycles. The highest BCUT2D eigenvalue weighted by Gasteiger charge is 2.02. The van der Waals surface area contributed by atoms with Crippen LogP contribution in [0.4, 0.5) is 0 Å². The fraction of sp³-hybridized carbons (Fsp3) is 0.125. The number of nitrogens with one attached hydrogen (secondary N) is 1. The zero-order valence-electron chi connectivity index (χ0n) is 11.2. The minimum atomic E-state index is 0.579. The lowest BCUT2D eigenvalue weighted by Crippen LogP contribution is -2.06. The summed E-state index contributed by atoms with van der Waals surface area (Å²) < 4.78 is 5.77. The molecule has 0 unspecified atom stereocenters.